The molecule has 0 aliphatic carbocycles. The van der Waals surface area contributed by atoms with Crippen LogP contribution in [0.1, 0.15) is 5.56 Å². The first-order valence-electron chi connectivity index (χ1n) is 6.06. The summed E-state index contributed by atoms with van der Waals surface area (Å²) in [7, 11) is 3.86. The van der Waals surface area contributed by atoms with Crippen molar-refractivity contribution < 1.29 is 9.13 Å². The fraction of sp³-hybridized carbons (Fsp3) is 0.133. The van der Waals surface area contributed by atoms with Crippen molar-refractivity contribution in [3.8, 4) is 11.5 Å². The van der Waals surface area contributed by atoms with Crippen LogP contribution in [0.25, 0.3) is 0 Å². The summed E-state index contributed by atoms with van der Waals surface area (Å²) in [5.74, 6) is 0.271. The molecule has 2 aromatic rings. The number of ether oxygens (including phenoxy) is 1. The number of hydrogen-bond acceptors (Lipinski definition) is 3. The van der Waals surface area contributed by atoms with Crippen LogP contribution in [0.15, 0.2) is 42.5 Å². The van der Waals surface area contributed by atoms with Gasteiger partial charge in [-0.15, -0.1) is 0 Å². The van der Waals surface area contributed by atoms with Crippen LogP contribution < -0.4 is 15.4 Å². The predicted molar refractivity (Wildman–Crippen MR) is 78.3 cm³/mol. The summed E-state index contributed by atoms with van der Waals surface area (Å²) in [4.78, 5) is 1.95. The Morgan fingerprint density at radius 1 is 1.20 bits per heavy atom. The van der Waals surface area contributed by atoms with Gasteiger partial charge in [-0.25, -0.2) is 4.39 Å². The zero-order chi connectivity index (χ0) is 14.7. The Morgan fingerprint density at radius 2 is 1.95 bits per heavy atom. The van der Waals surface area contributed by atoms with Gasteiger partial charge in [-0.05, 0) is 30.3 Å². The van der Waals surface area contributed by atoms with Gasteiger partial charge in [0.1, 0.15) is 23.2 Å². The summed E-state index contributed by atoms with van der Waals surface area (Å²) in [6.07, 6.45) is 0. The molecule has 2 aromatic carbocycles. The van der Waals surface area contributed by atoms with Gasteiger partial charge >= 0.3 is 0 Å². The van der Waals surface area contributed by atoms with Gasteiger partial charge in [0.2, 0.25) is 0 Å². The molecular formula is C15H16FN3O. The first-order valence-corrected chi connectivity index (χ1v) is 6.06. The normalized spacial score (nSPS) is 10.2. The zero-order valence-electron chi connectivity index (χ0n) is 11.4. The van der Waals surface area contributed by atoms with Crippen LogP contribution in [-0.4, -0.2) is 19.9 Å². The van der Waals surface area contributed by atoms with Gasteiger partial charge in [0.15, 0.2) is 0 Å². The van der Waals surface area contributed by atoms with Gasteiger partial charge in [0.25, 0.3) is 0 Å². The first-order chi connectivity index (χ1) is 9.47. The van der Waals surface area contributed by atoms with E-state index in [2.05, 4.69) is 0 Å². The van der Waals surface area contributed by atoms with E-state index in [1.54, 1.807) is 6.07 Å². The Morgan fingerprint density at radius 3 is 2.60 bits per heavy atom. The van der Waals surface area contributed by atoms with Crippen LogP contribution in [-0.2, 0) is 0 Å². The van der Waals surface area contributed by atoms with E-state index in [1.165, 1.54) is 18.2 Å². The van der Waals surface area contributed by atoms with Crippen molar-refractivity contribution in [1.29, 1.82) is 5.41 Å². The summed E-state index contributed by atoms with van der Waals surface area (Å²) >= 11 is 0. The third kappa shape index (κ3) is 3.06. The quantitative estimate of drug-likeness (QED) is 0.665. The lowest BCUT2D eigenvalue weighted by molar-refractivity contribution is 0.479. The molecule has 3 N–H and O–H groups in total. The van der Waals surface area contributed by atoms with E-state index in [1.807, 2.05) is 37.2 Å². The van der Waals surface area contributed by atoms with Crippen LogP contribution in [0.2, 0.25) is 0 Å². The average Bonchev–Trinajstić information content (AvgIpc) is 2.41. The number of halogens is 1. The highest BCUT2D eigenvalue weighted by molar-refractivity contribution is 5.97. The van der Waals surface area contributed by atoms with Crippen molar-refractivity contribution in [2.75, 3.05) is 19.0 Å². The van der Waals surface area contributed by atoms with Crippen LogP contribution in [0.5, 0.6) is 11.5 Å². The van der Waals surface area contributed by atoms with Crippen molar-refractivity contribution in [3.63, 3.8) is 0 Å². The topological polar surface area (TPSA) is 62.3 Å². The third-order valence-electron chi connectivity index (χ3n) is 2.79. The molecule has 5 heteroatoms. The van der Waals surface area contributed by atoms with Crippen molar-refractivity contribution in [1.82, 2.24) is 0 Å². The Hall–Kier alpha value is -2.56. The molecule has 0 aliphatic rings. The van der Waals surface area contributed by atoms with Gasteiger partial charge in [0.05, 0.1) is 5.56 Å². The summed E-state index contributed by atoms with van der Waals surface area (Å²) in [5.41, 5.74) is 6.66. The molecule has 0 spiro atoms. The standard InChI is InChI=1S/C15H16FN3O/c1-19(2)11-4-3-5-12(9-11)20-14-7-6-10(16)8-13(14)15(17)18/h3-9H,1-2H3,(H3,17,18). The molecule has 0 bridgehead atoms. The maximum atomic E-state index is 13.2. The molecule has 4 nitrogen and oxygen atoms in total. The minimum atomic E-state index is -0.454. The largest absolute Gasteiger partial charge is 0.457 e. The van der Waals surface area contributed by atoms with Crippen LogP contribution >= 0.6 is 0 Å². The third-order valence-corrected chi connectivity index (χ3v) is 2.79. The lowest BCUT2D eigenvalue weighted by Gasteiger charge is -2.15. The van der Waals surface area contributed by atoms with Crippen molar-refractivity contribution >= 4 is 11.5 Å². The smallest absolute Gasteiger partial charge is 0.138 e. The molecule has 0 atom stereocenters. The summed E-state index contributed by atoms with van der Waals surface area (Å²) in [6.45, 7) is 0. The maximum absolute atomic E-state index is 13.2. The molecule has 20 heavy (non-hydrogen) atoms. The number of nitrogens with zero attached hydrogens (tertiary/aromatic N) is 1. The SMILES string of the molecule is CN(C)c1cccc(Oc2ccc(F)cc2C(=N)N)c1. The number of anilines is 1. The van der Waals surface area contributed by atoms with E-state index in [4.69, 9.17) is 15.9 Å². The Kier molecular flexibility index (Phi) is 3.89. The van der Waals surface area contributed by atoms with Crippen molar-refractivity contribution in [2.24, 2.45) is 5.73 Å². The second-order valence-electron chi connectivity index (χ2n) is 4.55. The molecule has 0 heterocycles. The molecule has 0 aliphatic heterocycles. The minimum absolute atomic E-state index is 0.233. The molecule has 2 rings (SSSR count). The average molecular weight is 273 g/mol. The highest BCUT2D eigenvalue weighted by atomic mass is 19.1. The lowest BCUT2D eigenvalue weighted by Crippen LogP contribution is -2.12. The first kappa shape index (κ1) is 13.9. The van der Waals surface area contributed by atoms with Crippen LogP contribution in [0.3, 0.4) is 0 Å². The van der Waals surface area contributed by atoms with E-state index in [-0.39, 0.29) is 11.4 Å². The lowest BCUT2D eigenvalue weighted by atomic mass is 10.2. The van der Waals surface area contributed by atoms with E-state index in [0.29, 0.717) is 11.5 Å². The number of benzene rings is 2. The second-order valence-corrected chi connectivity index (χ2v) is 4.55. The molecule has 0 unspecified atom stereocenters. The number of amidine groups is 1. The van der Waals surface area contributed by atoms with E-state index < -0.39 is 5.82 Å². The Labute approximate surface area is 117 Å². The van der Waals surface area contributed by atoms with Crippen LogP contribution in [0.4, 0.5) is 10.1 Å². The van der Waals surface area contributed by atoms with Gasteiger partial charge in [0, 0.05) is 25.8 Å². The fourth-order valence-electron chi connectivity index (χ4n) is 1.75. The zero-order valence-corrected chi connectivity index (χ0v) is 11.4. The van der Waals surface area contributed by atoms with Gasteiger partial charge in [-0.1, -0.05) is 6.07 Å². The van der Waals surface area contributed by atoms with Gasteiger partial charge in [-0.3, -0.25) is 5.41 Å². The van der Waals surface area contributed by atoms with E-state index in [0.717, 1.165) is 5.69 Å². The molecule has 104 valence electrons. The fourth-order valence-corrected chi connectivity index (χ4v) is 1.75. The Balaban J connectivity index is 2.35. The molecule has 0 saturated carbocycles. The van der Waals surface area contributed by atoms with E-state index in [9.17, 15) is 4.39 Å². The summed E-state index contributed by atoms with van der Waals surface area (Å²) in [6, 6.07) is 11.4. The summed E-state index contributed by atoms with van der Waals surface area (Å²) < 4.78 is 18.9. The molecular weight excluding hydrogens is 257 g/mol. The van der Waals surface area contributed by atoms with Crippen molar-refractivity contribution in [3.05, 3.63) is 53.8 Å². The highest BCUT2D eigenvalue weighted by Gasteiger charge is 2.10. The minimum Gasteiger partial charge on any atom is -0.457 e. The molecule has 0 amide bonds. The van der Waals surface area contributed by atoms with Crippen LogP contribution in [0, 0.1) is 11.2 Å². The molecule has 0 aromatic heterocycles. The number of nitrogen functional groups attached to an aromatic ring is 1. The predicted octanol–water partition coefficient (Wildman–Crippen LogP) is 2.97. The number of nitrogens with one attached hydrogen (secondary N) is 1. The highest BCUT2D eigenvalue weighted by Crippen LogP contribution is 2.28. The number of hydrogen-bond donors (Lipinski definition) is 2. The van der Waals surface area contributed by atoms with Crippen molar-refractivity contribution in [2.45, 2.75) is 0 Å². The number of rotatable bonds is 4. The number of nitrogens with two attached hydrogens (primary N) is 1. The van der Waals surface area contributed by atoms with Gasteiger partial charge in [-0.2, -0.15) is 0 Å². The van der Waals surface area contributed by atoms with Gasteiger partial charge < -0.3 is 15.4 Å². The molecule has 0 saturated heterocycles. The maximum Gasteiger partial charge on any atom is 0.138 e. The Bertz CT molecular complexity index is 641. The second kappa shape index (κ2) is 5.61. The van der Waals surface area contributed by atoms with E-state index >= 15 is 0 Å². The molecule has 0 radical (unpaired) electrons. The monoisotopic (exact) mass is 273 g/mol. The molecule has 0 fully saturated rings. The summed E-state index contributed by atoms with van der Waals surface area (Å²) in [5, 5.41) is 7.47.